The van der Waals surface area contributed by atoms with E-state index in [2.05, 4.69) is 4.72 Å². The van der Waals surface area contributed by atoms with Crippen LogP contribution in [-0.4, -0.2) is 8.42 Å². The highest BCUT2D eigenvalue weighted by molar-refractivity contribution is 7.92. The summed E-state index contributed by atoms with van der Waals surface area (Å²) in [5.74, 6) is 0. The van der Waals surface area contributed by atoms with Crippen LogP contribution in [0.2, 0.25) is 15.1 Å². The lowest BCUT2D eigenvalue weighted by molar-refractivity contribution is 0.601. The molecule has 0 bridgehead atoms. The number of anilines is 1. The fraction of sp³-hybridized carbons (Fsp3) is 0. The number of hydrogen-bond acceptors (Lipinski definition) is 2. The van der Waals surface area contributed by atoms with Gasteiger partial charge in [-0.1, -0.05) is 77.3 Å². The summed E-state index contributed by atoms with van der Waals surface area (Å²) < 4.78 is 27.6. The summed E-state index contributed by atoms with van der Waals surface area (Å²) in [6.45, 7) is 0. The molecule has 0 unspecified atom stereocenters. The number of rotatable bonds is 4. The Morgan fingerprint density at radius 2 is 1.24 bits per heavy atom. The lowest BCUT2D eigenvalue weighted by Gasteiger charge is -2.11. The van der Waals surface area contributed by atoms with E-state index in [0.717, 1.165) is 11.1 Å². The van der Waals surface area contributed by atoms with Crippen LogP contribution in [0.5, 0.6) is 0 Å². The minimum atomic E-state index is -3.89. The van der Waals surface area contributed by atoms with Gasteiger partial charge in [-0.05, 0) is 35.4 Å². The van der Waals surface area contributed by atoms with E-state index in [9.17, 15) is 8.42 Å². The summed E-state index contributed by atoms with van der Waals surface area (Å²) >= 11 is 17.7. The summed E-state index contributed by atoms with van der Waals surface area (Å²) in [7, 11) is -3.89. The smallest absolute Gasteiger partial charge is 0.263 e. The molecule has 3 rings (SSSR count). The summed E-state index contributed by atoms with van der Waals surface area (Å²) in [4.78, 5) is -0.129. The van der Waals surface area contributed by atoms with Gasteiger partial charge in [0.05, 0.1) is 15.1 Å². The molecule has 0 radical (unpaired) electrons. The molecule has 25 heavy (non-hydrogen) atoms. The second-order valence-electron chi connectivity index (χ2n) is 5.25. The number of halogens is 3. The Balaban J connectivity index is 1.88. The first-order valence-electron chi connectivity index (χ1n) is 7.20. The molecule has 0 aliphatic rings. The van der Waals surface area contributed by atoms with Crippen LogP contribution in [-0.2, 0) is 10.0 Å². The van der Waals surface area contributed by atoms with E-state index < -0.39 is 10.0 Å². The third-order valence-corrected chi connectivity index (χ3v) is 6.08. The van der Waals surface area contributed by atoms with Gasteiger partial charge in [-0.25, -0.2) is 8.42 Å². The minimum Gasteiger partial charge on any atom is -0.280 e. The van der Waals surface area contributed by atoms with Crippen molar-refractivity contribution in [2.45, 2.75) is 4.90 Å². The molecule has 0 saturated carbocycles. The molecule has 128 valence electrons. The van der Waals surface area contributed by atoms with Crippen LogP contribution in [0.4, 0.5) is 5.69 Å². The van der Waals surface area contributed by atoms with Gasteiger partial charge >= 0.3 is 0 Å². The normalized spacial score (nSPS) is 11.3. The van der Waals surface area contributed by atoms with Crippen LogP contribution >= 0.6 is 34.8 Å². The maximum atomic E-state index is 12.5. The summed E-state index contributed by atoms with van der Waals surface area (Å²) in [6, 6.07) is 19.4. The Labute approximate surface area is 161 Å². The van der Waals surface area contributed by atoms with Crippen molar-refractivity contribution in [2.75, 3.05) is 4.72 Å². The van der Waals surface area contributed by atoms with Crippen LogP contribution in [0, 0.1) is 0 Å². The molecular weight excluding hydrogens is 401 g/mol. The molecule has 0 fully saturated rings. The van der Waals surface area contributed by atoms with Gasteiger partial charge in [0.15, 0.2) is 0 Å². The Bertz CT molecular complexity index is 1000. The van der Waals surface area contributed by atoms with Crippen molar-refractivity contribution in [3.63, 3.8) is 0 Å². The fourth-order valence-corrected chi connectivity index (χ4v) is 4.34. The molecule has 3 aromatic rings. The highest BCUT2D eigenvalue weighted by Gasteiger charge is 2.20. The maximum absolute atomic E-state index is 12.5. The molecule has 0 atom stereocenters. The third-order valence-electron chi connectivity index (χ3n) is 3.51. The molecule has 0 aromatic heterocycles. The maximum Gasteiger partial charge on any atom is 0.263 e. The zero-order chi connectivity index (χ0) is 18.0. The predicted octanol–water partition coefficient (Wildman–Crippen LogP) is 6.11. The van der Waals surface area contributed by atoms with E-state index >= 15 is 0 Å². The lowest BCUT2D eigenvalue weighted by atomic mass is 10.1. The largest absolute Gasteiger partial charge is 0.280 e. The highest BCUT2D eigenvalue weighted by Crippen LogP contribution is 2.32. The standard InChI is InChI=1S/C18H12Cl3NO2S/c19-15-10-17(21)18(11-16(15)20)25(23,24)22-14-8-6-13(7-9-14)12-4-2-1-3-5-12/h1-11,22H. The molecule has 0 spiro atoms. The van der Waals surface area contributed by atoms with Crippen molar-refractivity contribution in [1.29, 1.82) is 0 Å². The first-order valence-corrected chi connectivity index (χ1v) is 9.81. The van der Waals surface area contributed by atoms with E-state index in [1.165, 1.54) is 12.1 Å². The average Bonchev–Trinajstić information content (AvgIpc) is 2.59. The SMILES string of the molecule is O=S(=O)(Nc1ccc(-c2ccccc2)cc1)c1cc(Cl)c(Cl)cc1Cl. The van der Waals surface area contributed by atoms with Crippen LogP contribution in [0.25, 0.3) is 11.1 Å². The van der Waals surface area contributed by atoms with Crippen molar-refractivity contribution >= 4 is 50.5 Å². The van der Waals surface area contributed by atoms with E-state index in [0.29, 0.717) is 5.69 Å². The van der Waals surface area contributed by atoms with Crippen LogP contribution < -0.4 is 4.72 Å². The van der Waals surface area contributed by atoms with Crippen molar-refractivity contribution in [3.05, 3.63) is 81.8 Å². The van der Waals surface area contributed by atoms with Gasteiger partial charge in [0, 0.05) is 5.69 Å². The predicted molar refractivity (Wildman–Crippen MR) is 104 cm³/mol. The second-order valence-corrected chi connectivity index (χ2v) is 8.12. The van der Waals surface area contributed by atoms with Gasteiger partial charge < -0.3 is 0 Å². The van der Waals surface area contributed by atoms with Crippen molar-refractivity contribution in [2.24, 2.45) is 0 Å². The Morgan fingerprint density at radius 1 is 0.680 bits per heavy atom. The van der Waals surface area contributed by atoms with Crippen LogP contribution in [0.15, 0.2) is 71.6 Å². The van der Waals surface area contributed by atoms with E-state index in [1.807, 2.05) is 42.5 Å². The minimum absolute atomic E-state index is 0.00260. The zero-order valence-electron chi connectivity index (χ0n) is 12.7. The molecule has 1 N–H and O–H groups in total. The fourth-order valence-electron chi connectivity index (χ4n) is 2.28. The van der Waals surface area contributed by atoms with Gasteiger partial charge in [0.2, 0.25) is 0 Å². The van der Waals surface area contributed by atoms with Crippen molar-refractivity contribution < 1.29 is 8.42 Å². The van der Waals surface area contributed by atoms with Gasteiger partial charge in [0.1, 0.15) is 4.90 Å². The van der Waals surface area contributed by atoms with Gasteiger partial charge in [0.25, 0.3) is 10.0 Å². The quantitative estimate of drug-likeness (QED) is 0.525. The first-order chi connectivity index (χ1) is 11.9. The number of sulfonamides is 1. The molecule has 0 aliphatic carbocycles. The van der Waals surface area contributed by atoms with Gasteiger partial charge in [-0.15, -0.1) is 0 Å². The Morgan fingerprint density at radius 3 is 1.88 bits per heavy atom. The third kappa shape index (κ3) is 4.10. The number of benzene rings is 3. The van der Waals surface area contributed by atoms with Crippen LogP contribution in [0.3, 0.4) is 0 Å². The lowest BCUT2D eigenvalue weighted by Crippen LogP contribution is -2.13. The number of nitrogens with one attached hydrogen (secondary N) is 1. The highest BCUT2D eigenvalue weighted by atomic mass is 35.5. The van der Waals surface area contributed by atoms with Crippen molar-refractivity contribution in [1.82, 2.24) is 0 Å². The molecule has 0 saturated heterocycles. The van der Waals surface area contributed by atoms with E-state index in [-0.39, 0.29) is 20.0 Å². The second kappa shape index (κ2) is 7.26. The Kier molecular flexibility index (Phi) is 5.25. The molecule has 3 aromatic carbocycles. The average molecular weight is 413 g/mol. The van der Waals surface area contributed by atoms with Gasteiger partial charge in [-0.3, -0.25) is 4.72 Å². The summed E-state index contributed by atoms with van der Waals surface area (Å²) in [5, 5.41) is 0.312. The monoisotopic (exact) mass is 411 g/mol. The van der Waals surface area contributed by atoms with Gasteiger partial charge in [-0.2, -0.15) is 0 Å². The summed E-state index contributed by atoms with van der Waals surface area (Å²) in [6.07, 6.45) is 0. The molecule has 3 nitrogen and oxygen atoms in total. The topological polar surface area (TPSA) is 46.2 Å². The van der Waals surface area contributed by atoms with Crippen LogP contribution in [0.1, 0.15) is 0 Å². The summed E-state index contributed by atoms with van der Waals surface area (Å²) in [5.41, 5.74) is 2.45. The Hall–Kier alpha value is -1.72. The molecule has 0 amide bonds. The molecule has 0 heterocycles. The molecular formula is C18H12Cl3NO2S. The molecule has 0 aliphatic heterocycles. The first kappa shape index (κ1) is 18.1. The number of hydrogen-bond donors (Lipinski definition) is 1. The van der Waals surface area contributed by atoms with E-state index in [4.69, 9.17) is 34.8 Å². The van der Waals surface area contributed by atoms with E-state index in [1.54, 1.807) is 12.1 Å². The molecule has 7 heteroatoms. The van der Waals surface area contributed by atoms with Crippen molar-refractivity contribution in [3.8, 4) is 11.1 Å². The zero-order valence-corrected chi connectivity index (χ0v) is 15.8.